The molecule has 7 heteroatoms. The SMILES string of the molecule is COc1ccc([C@H](O)CS(=O)(=O)C[C@@H](O)c2ccc(OC)cc2)cc1. The first-order valence-corrected chi connectivity index (χ1v) is 9.51. The summed E-state index contributed by atoms with van der Waals surface area (Å²) in [5, 5.41) is 20.3. The summed E-state index contributed by atoms with van der Waals surface area (Å²) in [4.78, 5) is 0. The summed E-state index contributed by atoms with van der Waals surface area (Å²) in [5.41, 5.74) is 0.951. The number of benzene rings is 2. The average molecular weight is 366 g/mol. The number of hydrogen-bond acceptors (Lipinski definition) is 6. The van der Waals surface area contributed by atoms with Gasteiger partial charge in [0.2, 0.25) is 0 Å². The molecule has 0 amide bonds. The summed E-state index contributed by atoms with van der Waals surface area (Å²) in [6, 6.07) is 13.0. The summed E-state index contributed by atoms with van der Waals surface area (Å²) >= 11 is 0. The van der Waals surface area contributed by atoms with Crippen LogP contribution in [0.25, 0.3) is 0 Å². The molecule has 0 unspecified atom stereocenters. The number of rotatable bonds is 8. The van der Waals surface area contributed by atoms with Crippen molar-refractivity contribution in [1.82, 2.24) is 0 Å². The molecule has 2 aromatic rings. The van der Waals surface area contributed by atoms with Crippen LogP contribution in [0, 0.1) is 0 Å². The van der Waals surface area contributed by atoms with Gasteiger partial charge in [0, 0.05) is 0 Å². The monoisotopic (exact) mass is 366 g/mol. The van der Waals surface area contributed by atoms with Crippen molar-refractivity contribution in [3.05, 3.63) is 59.7 Å². The standard InChI is InChI=1S/C18H22O6S/c1-23-15-7-3-13(4-8-15)17(19)11-25(21,22)12-18(20)14-5-9-16(24-2)10-6-14/h3-10,17-20H,11-12H2,1-2H3/t17-,18-/m1/s1. The van der Waals surface area contributed by atoms with Crippen LogP contribution >= 0.6 is 0 Å². The molecule has 6 nitrogen and oxygen atoms in total. The molecular formula is C18H22O6S. The van der Waals surface area contributed by atoms with Gasteiger partial charge in [0.05, 0.1) is 37.9 Å². The van der Waals surface area contributed by atoms with Gasteiger partial charge in [0.15, 0.2) is 9.84 Å². The lowest BCUT2D eigenvalue weighted by Gasteiger charge is -2.15. The molecule has 0 aliphatic rings. The molecule has 0 aliphatic heterocycles. The third-order valence-electron chi connectivity index (χ3n) is 3.82. The second-order valence-corrected chi connectivity index (χ2v) is 7.81. The van der Waals surface area contributed by atoms with E-state index in [2.05, 4.69) is 0 Å². The van der Waals surface area contributed by atoms with Crippen molar-refractivity contribution in [2.24, 2.45) is 0 Å². The van der Waals surface area contributed by atoms with Crippen LogP contribution in [0.1, 0.15) is 23.3 Å². The fourth-order valence-electron chi connectivity index (χ4n) is 2.39. The number of hydrogen-bond donors (Lipinski definition) is 2. The number of ether oxygens (including phenoxy) is 2. The lowest BCUT2D eigenvalue weighted by atomic mass is 10.1. The van der Waals surface area contributed by atoms with Gasteiger partial charge in [-0.1, -0.05) is 24.3 Å². The molecule has 136 valence electrons. The van der Waals surface area contributed by atoms with Crippen LogP contribution in [0.2, 0.25) is 0 Å². The van der Waals surface area contributed by atoms with Gasteiger partial charge in [0.25, 0.3) is 0 Å². The molecule has 0 spiro atoms. The molecule has 0 radical (unpaired) electrons. The molecule has 2 rings (SSSR count). The van der Waals surface area contributed by atoms with Crippen LogP contribution < -0.4 is 9.47 Å². The lowest BCUT2D eigenvalue weighted by Crippen LogP contribution is -2.21. The molecular weight excluding hydrogens is 344 g/mol. The number of methoxy groups -OCH3 is 2. The normalized spacial score (nSPS) is 13.9. The van der Waals surface area contributed by atoms with Gasteiger partial charge >= 0.3 is 0 Å². The zero-order valence-corrected chi connectivity index (χ0v) is 14.9. The van der Waals surface area contributed by atoms with E-state index in [1.54, 1.807) is 48.5 Å². The minimum Gasteiger partial charge on any atom is -0.497 e. The maximum Gasteiger partial charge on any atom is 0.156 e. The fourth-order valence-corrected chi connectivity index (χ4v) is 3.88. The summed E-state index contributed by atoms with van der Waals surface area (Å²) in [6.45, 7) is 0. The van der Waals surface area contributed by atoms with E-state index in [4.69, 9.17) is 9.47 Å². The van der Waals surface area contributed by atoms with E-state index < -0.39 is 33.6 Å². The van der Waals surface area contributed by atoms with E-state index in [-0.39, 0.29) is 0 Å². The van der Waals surface area contributed by atoms with Crippen molar-refractivity contribution in [3.8, 4) is 11.5 Å². The highest BCUT2D eigenvalue weighted by Gasteiger charge is 2.23. The van der Waals surface area contributed by atoms with E-state index >= 15 is 0 Å². The highest BCUT2D eigenvalue weighted by atomic mass is 32.2. The average Bonchev–Trinajstić information content (AvgIpc) is 2.61. The largest absolute Gasteiger partial charge is 0.497 e. The minimum absolute atomic E-state index is 0.466. The maximum atomic E-state index is 12.3. The number of aliphatic hydroxyl groups is 2. The number of aliphatic hydroxyl groups excluding tert-OH is 2. The van der Waals surface area contributed by atoms with E-state index in [1.807, 2.05) is 0 Å². The highest BCUT2D eigenvalue weighted by molar-refractivity contribution is 7.91. The Labute approximate surface area is 147 Å². The van der Waals surface area contributed by atoms with Crippen LogP contribution in [-0.4, -0.2) is 44.4 Å². The Kier molecular flexibility index (Phi) is 6.41. The summed E-state index contributed by atoms with van der Waals surface area (Å²) in [7, 11) is -0.622. The topological polar surface area (TPSA) is 93.1 Å². The van der Waals surface area contributed by atoms with Gasteiger partial charge < -0.3 is 19.7 Å². The molecule has 0 bridgehead atoms. The lowest BCUT2D eigenvalue weighted by molar-refractivity contribution is 0.194. The Hall–Kier alpha value is -2.09. The van der Waals surface area contributed by atoms with E-state index in [9.17, 15) is 18.6 Å². The van der Waals surface area contributed by atoms with Crippen molar-refractivity contribution < 1.29 is 28.1 Å². The summed E-state index contributed by atoms with van der Waals surface area (Å²) < 4.78 is 34.6. The van der Waals surface area contributed by atoms with Crippen LogP contribution in [0.15, 0.2) is 48.5 Å². The molecule has 0 heterocycles. The van der Waals surface area contributed by atoms with Gasteiger partial charge in [-0.25, -0.2) is 8.42 Å². The molecule has 25 heavy (non-hydrogen) atoms. The molecule has 2 N–H and O–H groups in total. The second-order valence-electron chi connectivity index (χ2n) is 5.65. The molecule has 0 aliphatic carbocycles. The first-order chi connectivity index (χ1) is 11.8. The van der Waals surface area contributed by atoms with E-state index in [0.717, 1.165) is 0 Å². The fraction of sp³-hybridized carbons (Fsp3) is 0.333. The van der Waals surface area contributed by atoms with E-state index in [1.165, 1.54) is 14.2 Å². The predicted molar refractivity (Wildman–Crippen MR) is 94.6 cm³/mol. The van der Waals surface area contributed by atoms with Crippen LogP contribution in [0.4, 0.5) is 0 Å². The number of sulfone groups is 1. The first kappa shape index (κ1) is 19.2. The smallest absolute Gasteiger partial charge is 0.156 e. The molecule has 2 atom stereocenters. The van der Waals surface area contributed by atoms with Crippen LogP contribution in [-0.2, 0) is 9.84 Å². The van der Waals surface area contributed by atoms with Gasteiger partial charge in [-0.05, 0) is 35.4 Å². The predicted octanol–water partition coefficient (Wildman–Crippen LogP) is 1.89. The van der Waals surface area contributed by atoms with Crippen molar-refractivity contribution in [1.29, 1.82) is 0 Å². The molecule has 0 aromatic heterocycles. The second kappa shape index (κ2) is 8.33. The first-order valence-electron chi connectivity index (χ1n) is 7.69. The van der Waals surface area contributed by atoms with Crippen molar-refractivity contribution in [2.75, 3.05) is 25.7 Å². The molecule has 2 aromatic carbocycles. The van der Waals surface area contributed by atoms with Gasteiger partial charge in [-0.2, -0.15) is 0 Å². The maximum absolute atomic E-state index is 12.3. The van der Waals surface area contributed by atoms with Crippen LogP contribution in [0.5, 0.6) is 11.5 Å². The Balaban J connectivity index is 2.01. The Morgan fingerprint density at radius 3 is 1.36 bits per heavy atom. The third kappa shape index (κ3) is 5.45. The van der Waals surface area contributed by atoms with Crippen molar-refractivity contribution in [3.63, 3.8) is 0 Å². The molecule has 0 saturated carbocycles. The Morgan fingerprint density at radius 1 is 0.760 bits per heavy atom. The minimum atomic E-state index is -3.67. The van der Waals surface area contributed by atoms with Gasteiger partial charge in [-0.3, -0.25) is 0 Å². The highest BCUT2D eigenvalue weighted by Crippen LogP contribution is 2.22. The van der Waals surface area contributed by atoms with E-state index in [0.29, 0.717) is 22.6 Å². The zero-order valence-electron chi connectivity index (χ0n) is 14.1. The van der Waals surface area contributed by atoms with Gasteiger partial charge in [-0.15, -0.1) is 0 Å². The third-order valence-corrected chi connectivity index (χ3v) is 5.47. The molecule has 0 saturated heterocycles. The summed E-state index contributed by atoms with van der Waals surface area (Å²) in [5.74, 6) is 0.307. The summed E-state index contributed by atoms with van der Waals surface area (Å²) in [6.07, 6.45) is -2.34. The Bertz CT molecular complexity index is 707. The zero-order chi connectivity index (χ0) is 18.4. The van der Waals surface area contributed by atoms with Gasteiger partial charge in [0.1, 0.15) is 11.5 Å². The quantitative estimate of drug-likeness (QED) is 0.741. The molecule has 0 fully saturated rings. The Morgan fingerprint density at radius 2 is 1.08 bits per heavy atom. The van der Waals surface area contributed by atoms with Crippen molar-refractivity contribution >= 4 is 9.84 Å². The van der Waals surface area contributed by atoms with Crippen molar-refractivity contribution in [2.45, 2.75) is 12.2 Å². The van der Waals surface area contributed by atoms with Crippen LogP contribution in [0.3, 0.4) is 0 Å².